The van der Waals surface area contributed by atoms with E-state index in [-0.39, 0.29) is 0 Å². The summed E-state index contributed by atoms with van der Waals surface area (Å²) in [4.78, 5) is 9.15. The minimum Gasteiger partial charge on any atom is -0.311 e. The van der Waals surface area contributed by atoms with Crippen LogP contribution in [0, 0.1) is 0 Å². The lowest BCUT2D eigenvalue weighted by Gasteiger charge is -2.06. The minimum absolute atomic E-state index is 0.779. The van der Waals surface area contributed by atoms with Gasteiger partial charge in [0.15, 0.2) is 11.6 Å². The van der Waals surface area contributed by atoms with E-state index in [1.165, 1.54) is 0 Å². The van der Waals surface area contributed by atoms with Gasteiger partial charge in [-0.15, -0.1) is 5.10 Å². The highest BCUT2D eigenvalue weighted by atomic mass is 15.4. The maximum Gasteiger partial charge on any atom is 0.155 e. The van der Waals surface area contributed by atoms with Gasteiger partial charge in [0.1, 0.15) is 5.82 Å². The van der Waals surface area contributed by atoms with E-state index in [9.17, 15) is 0 Å². The van der Waals surface area contributed by atoms with E-state index in [2.05, 4.69) is 41.2 Å². The van der Waals surface area contributed by atoms with Gasteiger partial charge in [-0.1, -0.05) is 26.8 Å². The molecular weight excluding hydrogens is 238 g/mol. The van der Waals surface area contributed by atoms with E-state index in [0.29, 0.717) is 0 Å². The van der Waals surface area contributed by atoms with Gasteiger partial charge in [-0.25, -0.2) is 9.97 Å². The molecule has 0 aliphatic carbocycles. The molecule has 102 valence electrons. The Labute approximate surface area is 114 Å². The number of hydrogen-bond acceptors (Lipinski definition) is 4. The number of aromatic nitrogens is 4. The number of aryl methyl sites for hydroxylation is 2. The van der Waals surface area contributed by atoms with Crippen LogP contribution >= 0.6 is 0 Å². The lowest BCUT2D eigenvalue weighted by molar-refractivity contribution is 0.699. The van der Waals surface area contributed by atoms with Crippen molar-refractivity contribution < 1.29 is 0 Å². The van der Waals surface area contributed by atoms with E-state index in [1.807, 2.05) is 22.9 Å². The highest BCUT2D eigenvalue weighted by Gasteiger charge is 2.10. The Bertz CT molecular complexity index is 532. The van der Waals surface area contributed by atoms with Crippen LogP contribution in [-0.2, 0) is 19.4 Å². The Balaban J connectivity index is 2.32. The van der Waals surface area contributed by atoms with Gasteiger partial charge in [-0.2, -0.15) is 4.68 Å². The lowest BCUT2D eigenvalue weighted by atomic mass is 10.3. The highest BCUT2D eigenvalue weighted by molar-refractivity contribution is 5.25. The molecule has 1 N–H and O–H groups in total. The average molecular weight is 259 g/mol. The van der Waals surface area contributed by atoms with Crippen molar-refractivity contribution in [2.24, 2.45) is 0 Å². The first-order valence-corrected chi connectivity index (χ1v) is 6.90. The average Bonchev–Trinajstić information content (AvgIpc) is 2.89. The Kier molecular flexibility index (Phi) is 4.63. The van der Waals surface area contributed by atoms with Gasteiger partial charge >= 0.3 is 0 Å². The maximum atomic E-state index is 4.63. The molecule has 0 fully saturated rings. The lowest BCUT2D eigenvalue weighted by Crippen LogP contribution is -2.14. The zero-order chi connectivity index (χ0) is 13.7. The van der Waals surface area contributed by atoms with Crippen LogP contribution in [0.1, 0.15) is 38.1 Å². The molecule has 0 saturated heterocycles. The van der Waals surface area contributed by atoms with Crippen molar-refractivity contribution in [2.45, 2.75) is 40.2 Å². The summed E-state index contributed by atoms with van der Waals surface area (Å²) in [5, 5.41) is 7.79. The summed E-state index contributed by atoms with van der Waals surface area (Å²) < 4.78 is 1.86. The molecule has 2 heterocycles. The molecule has 2 rings (SSSR count). The SMILES string of the molecule is CCNCc1cccc(-n2nc(CC)nc2CC)n1. The van der Waals surface area contributed by atoms with Gasteiger partial charge in [0, 0.05) is 19.4 Å². The molecule has 19 heavy (non-hydrogen) atoms. The number of hydrogen-bond donors (Lipinski definition) is 1. The summed E-state index contributed by atoms with van der Waals surface area (Å²) in [7, 11) is 0. The van der Waals surface area contributed by atoms with Crippen molar-refractivity contribution >= 4 is 0 Å². The van der Waals surface area contributed by atoms with Crippen LogP contribution in [0.3, 0.4) is 0 Å². The second-order valence-corrected chi connectivity index (χ2v) is 4.33. The number of pyridine rings is 1. The quantitative estimate of drug-likeness (QED) is 0.861. The predicted octanol–water partition coefficient (Wildman–Crippen LogP) is 1.90. The van der Waals surface area contributed by atoms with Gasteiger partial charge in [0.05, 0.1) is 5.69 Å². The van der Waals surface area contributed by atoms with E-state index in [4.69, 9.17) is 0 Å². The zero-order valence-electron chi connectivity index (χ0n) is 11.8. The number of nitrogens with zero attached hydrogens (tertiary/aromatic N) is 4. The van der Waals surface area contributed by atoms with Crippen LogP contribution in [0.4, 0.5) is 0 Å². The molecule has 0 atom stereocenters. The molecule has 0 aliphatic rings. The normalized spacial score (nSPS) is 10.9. The second kappa shape index (κ2) is 6.43. The summed E-state index contributed by atoms with van der Waals surface area (Å²) in [6, 6.07) is 6.01. The molecule has 5 heteroatoms. The van der Waals surface area contributed by atoms with Crippen molar-refractivity contribution in [3.63, 3.8) is 0 Å². The molecule has 5 nitrogen and oxygen atoms in total. The maximum absolute atomic E-state index is 4.63. The zero-order valence-corrected chi connectivity index (χ0v) is 11.8. The Morgan fingerprint density at radius 1 is 1.11 bits per heavy atom. The highest BCUT2D eigenvalue weighted by Crippen LogP contribution is 2.09. The fourth-order valence-electron chi connectivity index (χ4n) is 1.89. The molecule has 0 aliphatic heterocycles. The molecule has 0 amide bonds. The van der Waals surface area contributed by atoms with Crippen LogP contribution in [0.15, 0.2) is 18.2 Å². The second-order valence-electron chi connectivity index (χ2n) is 4.33. The molecule has 0 aromatic carbocycles. The van der Waals surface area contributed by atoms with E-state index in [0.717, 1.165) is 49.1 Å². The minimum atomic E-state index is 0.779. The van der Waals surface area contributed by atoms with E-state index >= 15 is 0 Å². The summed E-state index contributed by atoms with van der Waals surface area (Å²) in [5.41, 5.74) is 1.02. The predicted molar refractivity (Wildman–Crippen MR) is 75.3 cm³/mol. The summed E-state index contributed by atoms with van der Waals surface area (Å²) >= 11 is 0. The van der Waals surface area contributed by atoms with Crippen LogP contribution in [-0.4, -0.2) is 26.3 Å². The molecule has 2 aromatic rings. The van der Waals surface area contributed by atoms with Crippen molar-refractivity contribution in [3.05, 3.63) is 35.5 Å². The molecule has 0 saturated carbocycles. The number of nitrogens with one attached hydrogen (secondary N) is 1. The first-order chi connectivity index (χ1) is 9.28. The standard InChI is InChI=1S/C14H21N5/c1-4-12-17-13(5-2)19(18-12)14-9-7-8-11(16-14)10-15-6-3/h7-9,15H,4-6,10H2,1-3H3. The summed E-state index contributed by atoms with van der Waals surface area (Å²) in [6.45, 7) is 7.96. The van der Waals surface area contributed by atoms with Crippen molar-refractivity contribution in [1.82, 2.24) is 25.1 Å². The van der Waals surface area contributed by atoms with Crippen molar-refractivity contribution in [2.75, 3.05) is 6.54 Å². The molecule has 2 aromatic heterocycles. The topological polar surface area (TPSA) is 55.6 Å². The van der Waals surface area contributed by atoms with Gasteiger partial charge < -0.3 is 5.32 Å². The van der Waals surface area contributed by atoms with Crippen LogP contribution in [0.5, 0.6) is 0 Å². The van der Waals surface area contributed by atoms with Crippen LogP contribution < -0.4 is 5.32 Å². The van der Waals surface area contributed by atoms with Crippen LogP contribution in [0.2, 0.25) is 0 Å². The van der Waals surface area contributed by atoms with Gasteiger partial charge in [0.2, 0.25) is 0 Å². The molecule has 0 bridgehead atoms. The number of rotatable bonds is 6. The summed E-state index contributed by atoms with van der Waals surface area (Å²) in [5.74, 6) is 2.68. The fourth-order valence-corrected chi connectivity index (χ4v) is 1.89. The van der Waals surface area contributed by atoms with E-state index in [1.54, 1.807) is 0 Å². The largest absolute Gasteiger partial charge is 0.311 e. The first-order valence-electron chi connectivity index (χ1n) is 6.90. The van der Waals surface area contributed by atoms with E-state index < -0.39 is 0 Å². The Morgan fingerprint density at radius 3 is 2.63 bits per heavy atom. The monoisotopic (exact) mass is 259 g/mol. The van der Waals surface area contributed by atoms with Gasteiger partial charge in [0.25, 0.3) is 0 Å². The van der Waals surface area contributed by atoms with Gasteiger partial charge in [-0.3, -0.25) is 0 Å². The third-order valence-corrected chi connectivity index (χ3v) is 2.92. The fraction of sp³-hybridized carbons (Fsp3) is 0.500. The van der Waals surface area contributed by atoms with Gasteiger partial charge in [-0.05, 0) is 18.7 Å². The Hall–Kier alpha value is -1.75. The smallest absolute Gasteiger partial charge is 0.155 e. The third-order valence-electron chi connectivity index (χ3n) is 2.92. The molecular formula is C14H21N5. The van der Waals surface area contributed by atoms with Crippen LogP contribution in [0.25, 0.3) is 5.82 Å². The molecule has 0 unspecified atom stereocenters. The first kappa shape index (κ1) is 13.7. The molecule has 0 radical (unpaired) electrons. The Morgan fingerprint density at radius 2 is 1.95 bits per heavy atom. The molecule has 0 spiro atoms. The van der Waals surface area contributed by atoms with Crippen molar-refractivity contribution in [3.8, 4) is 5.82 Å². The third kappa shape index (κ3) is 3.17. The summed E-state index contributed by atoms with van der Waals surface area (Å²) in [6.07, 6.45) is 1.70. The van der Waals surface area contributed by atoms with Crippen molar-refractivity contribution in [1.29, 1.82) is 0 Å².